The van der Waals surface area contributed by atoms with Crippen molar-refractivity contribution in [3.05, 3.63) is 58.6 Å². The van der Waals surface area contributed by atoms with Gasteiger partial charge < -0.3 is 4.90 Å². The van der Waals surface area contributed by atoms with Crippen molar-refractivity contribution >= 4 is 44.8 Å². The zero-order valence-corrected chi connectivity index (χ0v) is 18.7. The Bertz CT molecular complexity index is 952. The van der Waals surface area contributed by atoms with E-state index in [0.717, 1.165) is 5.69 Å². The minimum absolute atomic E-state index is 0.00796. The molecule has 1 amide bonds. The van der Waals surface area contributed by atoms with Crippen molar-refractivity contribution in [3.8, 4) is 0 Å². The van der Waals surface area contributed by atoms with Gasteiger partial charge in [-0.3, -0.25) is 4.79 Å². The Morgan fingerprint density at radius 1 is 1.00 bits per heavy atom. The van der Waals surface area contributed by atoms with Crippen LogP contribution >= 0.6 is 23.2 Å². The molecule has 0 bridgehead atoms. The van der Waals surface area contributed by atoms with E-state index in [2.05, 4.69) is 0 Å². The Morgan fingerprint density at radius 3 is 2.07 bits per heavy atom. The van der Waals surface area contributed by atoms with Crippen LogP contribution in [-0.2, 0) is 14.8 Å². The predicted molar refractivity (Wildman–Crippen MR) is 117 cm³/mol. The number of halogens is 2. The van der Waals surface area contributed by atoms with Gasteiger partial charge in [0.05, 0.1) is 10.0 Å². The van der Waals surface area contributed by atoms with E-state index in [0.29, 0.717) is 12.8 Å². The van der Waals surface area contributed by atoms with Crippen LogP contribution < -0.4 is 4.90 Å². The number of carbonyl (C=O) groups excluding carboxylic acids is 1. The number of sulfonamides is 1. The average Bonchev–Trinajstić information content (AvgIpc) is 2.68. The molecule has 2 aromatic rings. The molecule has 1 aliphatic rings. The number of amides is 1. The van der Waals surface area contributed by atoms with E-state index < -0.39 is 10.0 Å². The van der Waals surface area contributed by atoms with Crippen LogP contribution in [-0.4, -0.2) is 37.8 Å². The number of benzene rings is 2. The van der Waals surface area contributed by atoms with Gasteiger partial charge in [0.15, 0.2) is 0 Å². The van der Waals surface area contributed by atoms with Gasteiger partial charge in [0.2, 0.25) is 15.9 Å². The third kappa shape index (κ3) is 4.61. The zero-order valence-electron chi connectivity index (χ0n) is 16.4. The third-order valence-corrected chi connectivity index (χ3v) is 7.96. The van der Waals surface area contributed by atoms with E-state index in [1.807, 2.05) is 44.2 Å². The lowest BCUT2D eigenvalue weighted by Gasteiger charge is -2.35. The summed E-state index contributed by atoms with van der Waals surface area (Å²) in [6.07, 6.45) is 0.909. The number of rotatable bonds is 5. The number of piperidine rings is 1. The maximum atomic E-state index is 13.2. The maximum absolute atomic E-state index is 13.2. The minimum atomic E-state index is -3.82. The number of anilines is 1. The summed E-state index contributed by atoms with van der Waals surface area (Å²) in [7, 11) is -3.82. The highest BCUT2D eigenvalue weighted by Gasteiger charge is 2.36. The number of hydrogen-bond donors (Lipinski definition) is 0. The SMILES string of the molecule is CC(C)N(C(=O)C1CCN(S(=O)(=O)c2c(Cl)cccc2Cl)CC1)c1ccccc1. The fourth-order valence-electron chi connectivity index (χ4n) is 3.67. The molecule has 1 heterocycles. The lowest BCUT2D eigenvalue weighted by atomic mass is 9.95. The molecule has 5 nitrogen and oxygen atoms in total. The minimum Gasteiger partial charge on any atom is -0.310 e. The van der Waals surface area contributed by atoms with Crippen molar-refractivity contribution in [2.75, 3.05) is 18.0 Å². The first-order chi connectivity index (χ1) is 13.7. The van der Waals surface area contributed by atoms with Crippen LogP contribution in [0.1, 0.15) is 26.7 Å². The largest absolute Gasteiger partial charge is 0.310 e. The summed E-state index contributed by atoms with van der Waals surface area (Å²) < 4.78 is 27.4. The Hall–Kier alpha value is -1.60. The second-order valence-electron chi connectivity index (χ2n) is 7.37. The molecule has 2 aromatic carbocycles. The van der Waals surface area contributed by atoms with Crippen molar-refractivity contribution in [2.45, 2.75) is 37.6 Å². The highest BCUT2D eigenvalue weighted by Crippen LogP contribution is 2.34. The highest BCUT2D eigenvalue weighted by atomic mass is 35.5. The highest BCUT2D eigenvalue weighted by molar-refractivity contribution is 7.89. The van der Waals surface area contributed by atoms with E-state index in [1.54, 1.807) is 11.0 Å². The first-order valence-electron chi connectivity index (χ1n) is 9.55. The standard InChI is InChI=1S/C21H24Cl2N2O3S/c1-15(2)25(17-7-4-3-5-8-17)21(26)16-11-13-24(14-12-16)29(27,28)20-18(22)9-6-10-19(20)23/h3-10,15-16H,11-14H2,1-2H3. The van der Waals surface area contributed by atoms with Crippen LogP contribution in [0.2, 0.25) is 10.0 Å². The summed E-state index contributed by atoms with van der Waals surface area (Å²) >= 11 is 12.2. The number of para-hydroxylation sites is 1. The molecule has 29 heavy (non-hydrogen) atoms. The van der Waals surface area contributed by atoms with Gasteiger partial charge in [-0.2, -0.15) is 4.31 Å². The van der Waals surface area contributed by atoms with Gasteiger partial charge in [-0.05, 0) is 51.0 Å². The van der Waals surface area contributed by atoms with Crippen LogP contribution in [0.15, 0.2) is 53.4 Å². The van der Waals surface area contributed by atoms with Crippen molar-refractivity contribution < 1.29 is 13.2 Å². The van der Waals surface area contributed by atoms with Crippen molar-refractivity contribution in [1.29, 1.82) is 0 Å². The smallest absolute Gasteiger partial charge is 0.246 e. The molecule has 1 aliphatic heterocycles. The van der Waals surface area contributed by atoms with Crippen LogP contribution in [0.3, 0.4) is 0 Å². The first kappa shape index (κ1) is 22.1. The monoisotopic (exact) mass is 454 g/mol. The second-order valence-corrected chi connectivity index (χ2v) is 10.1. The van der Waals surface area contributed by atoms with Gasteiger partial charge in [-0.15, -0.1) is 0 Å². The van der Waals surface area contributed by atoms with E-state index in [9.17, 15) is 13.2 Å². The summed E-state index contributed by atoms with van der Waals surface area (Å²) in [6, 6.07) is 14.2. The molecule has 8 heteroatoms. The Kier molecular flexibility index (Phi) is 6.89. The van der Waals surface area contributed by atoms with E-state index in [-0.39, 0.29) is 45.9 Å². The second kappa shape index (κ2) is 9.04. The van der Waals surface area contributed by atoms with Gasteiger partial charge in [-0.1, -0.05) is 47.5 Å². The van der Waals surface area contributed by atoms with Crippen molar-refractivity contribution in [1.82, 2.24) is 4.31 Å². The van der Waals surface area contributed by atoms with E-state index in [4.69, 9.17) is 23.2 Å². The molecule has 0 atom stereocenters. The fourth-order valence-corrected chi connectivity index (χ4v) is 6.23. The summed E-state index contributed by atoms with van der Waals surface area (Å²) in [4.78, 5) is 14.9. The molecule has 0 spiro atoms. The number of nitrogens with zero attached hydrogens (tertiary/aromatic N) is 2. The van der Waals surface area contributed by atoms with Crippen LogP contribution in [0.5, 0.6) is 0 Å². The Labute approximate surface area is 182 Å². The van der Waals surface area contributed by atoms with E-state index in [1.165, 1.54) is 16.4 Å². The van der Waals surface area contributed by atoms with Gasteiger partial charge >= 0.3 is 0 Å². The van der Waals surface area contributed by atoms with Crippen LogP contribution in [0.4, 0.5) is 5.69 Å². The van der Waals surface area contributed by atoms with Gasteiger partial charge in [-0.25, -0.2) is 8.42 Å². The zero-order chi connectivity index (χ0) is 21.2. The molecule has 0 N–H and O–H groups in total. The molecule has 156 valence electrons. The van der Waals surface area contributed by atoms with Crippen molar-refractivity contribution in [3.63, 3.8) is 0 Å². The van der Waals surface area contributed by atoms with Crippen LogP contribution in [0, 0.1) is 5.92 Å². The molecular weight excluding hydrogens is 431 g/mol. The van der Waals surface area contributed by atoms with Gasteiger partial charge in [0.1, 0.15) is 4.90 Å². The maximum Gasteiger partial charge on any atom is 0.246 e. The van der Waals surface area contributed by atoms with Gasteiger partial charge in [0.25, 0.3) is 0 Å². The molecule has 0 aromatic heterocycles. The first-order valence-corrected chi connectivity index (χ1v) is 11.8. The Balaban J connectivity index is 1.75. The fraction of sp³-hybridized carbons (Fsp3) is 0.381. The number of hydrogen-bond acceptors (Lipinski definition) is 3. The Morgan fingerprint density at radius 2 is 1.55 bits per heavy atom. The molecule has 0 aliphatic carbocycles. The van der Waals surface area contributed by atoms with Crippen LogP contribution in [0.25, 0.3) is 0 Å². The molecular formula is C21H24Cl2N2O3S. The summed E-state index contributed by atoms with van der Waals surface area (Å²) in [6.45, 7) is 4.45. The normalized spacial score (nSPS) is 16.2. The topological polar surface area (TPSA) is 57.7 Å². The molecule has 0 saturated carbocycles. The molecule has 0 unspecified atom stereocenters. The summed E-state index contributed by atoms with van der Waals surface area (Å²) in [5.41, 5.74) is 0.852. The average molecular weight is 455 g/mol. The quantitative estimate of drug-likeness (QED) is 0.649. The van der Waals surface area contributed by atoms with E-state index >= 15 is 0 Å². The molecule has 1 fully saturated rings. The number of carbonyl (C=O) groups is 1. The molecule has 1 saturated heterocycles. The lowest BCUT2D eigenvalue weighted by molar-refractivity contribution is -0.123. The summed E-state index contributed by atoms with van der Waals surface area (Å²) in [5, 5.41) is 0.205. The lowest BCUT2D eigenvalue weighted by Crippen LogP contribution is -2.46. The van der Waals surface area contributed by atoms with Crippen molar-refractivity contribution in [2.24, 2.45) is 5.92 Å². The molecule has 3 rings (SSSR count). The third-order valence-electron chi connectivity index (χ3n) is 5.11. The predicted octanol–water partition coefficient (Wildman–Crippen LogP) is 4.84. The summed E-state index contributed by atoms with van der Waals surface area (Å²) in [5.74, 6) is -0.204. The van der Waals surface area contributed by atoms with Gasteiger partial charge in [0, 0.05) is 30.7 Å². The molecule has 0 radical (unpaired) electrons.